The molecule has 0 aromatic carbocycles. The number of nitrogens with zero attached hydrogens (tertiary/aromatic N) is 2. The van der Waals surface area contributed by atoms with E-state index in [2.05, 4.69) is 20.8 Å². The number of thioether (sulfide) groups is 1. The molecule has 2 unspecified atom stereocenters. The van der Waals surface area contributed by atoms with Gasteiger partial charge < -0.3 is 4.90 Å². The second-order valence-corrected chi connectivity index (χ2v) is 9.35. The molecule has 6 heteroatoms. The molecule has 0 saturated carbocycles. The Kier molecular flexibility index (Phi) is 8.97. The van der Waals surface area contributed by atoms with Crippen molar-refractivity contribution in [1.29, 1.82) is 0 Å². The van der Waals surface area contributed by atoms with Crippen molar-refractivity contribution in [3.05, 3.63) is 0 Å². The third-order valence-electron chi connectivity index (χ3n) is 4.88. The highest BCUT2D eigenvalue weighted by Crippen LogP contribution is 2.28. The Balaban J connectivity index is 2.28. The summed E-state index contributed by atoms with van der Waals surface area (Å²) < 4.78 is 0. The van der Waals surface area contributed by atoms with Crippen LogP contribution in [0.25, 0.3) is 0 Å². The van der Waals surface area contributed by atoms with Crippen molar-refractivity contribution in [2.45, 2.75) is 83.3 Å². The number of hydrogen-bond donors (Lipinski definition) is 0. The summed E-state index contributed by atoms with van der Waals surface area (Å²) in [4.78, 5) is 39.7. The van der Waals surface area contributed by atoms with Gasteiger partial charge in [0.1, 0.15) is 0 Å². The van der Waals surface area contributed by atoms with E-state index >= 15 is 0 Å². The lowest BCUT2D eigenvalue weighted by atomic mass is 10.0. The predicted octanol–water partition coefficient (Wildman–Crippen LogP) is 3.32. The molecule has 1 aliphatic heterocycles. The topological polar surface area (TPSA) is 57.7 Å². The van der Waals surface area contributed by atoms with Gasteiger partial charge in [0.25, 0.3) is 0 Å². The van der Waals surface area contributed by atoms with Gasteiger partial charge in [-0.2, -0.15) is 0 Å². The summed E-state index contributed by atoms with van der Waals surface area (Å²) in [5, 5.41) is 0.137. The van der Waals surface area contributed by atoms with E-state index in [0.717, 1.165) is 19.3 Å². The molecule has 2 atom stereocenters. The number of amides is 3. The zero-order valence-corrected chi connectivity index (χ0v) is 17.4. The van der Waals surface area contributed by atoms with Crippen molar-refractivity contribution in [3.8, 4) is 0 Å². The first-order valence-corrected chi connectivity index (χ1v) is 10.3. The van der Waals surface area contributed by atoms with Gasteiger partial charge in [-0.05, 0) is 30.9 Å². The molecule has 1 rings (SSSR count). The first-order chi connectivity index (χ1) is 11.6. The normalized spacial score (nSPS) is 19.2. The highest BCUT2D eigenvalue weighted by atomic mass is 32.2. The van der Waals surface area contributed by atoms with E-state index in [0.29, 0.717) is 30.6 Å². The first-order valence-electron chi connectivity index (χ1n) is 9.40. The average Bonchev–Trinajstić information content (AvgIpc) is 2.79. The maximum absolute atomic E-state index is 12.3. The summed E-state index contributed by atoms with van der Waals surface area (Å²) >= 11 is 1.57. The minimum atomic E-state index is -0.208. The van der Waals surface area contributed by atoms with Crippen molar-refractivity contribution < 1.29 is 14.4 Å². The van der Waals surface area contributed by atoms with E-state index in [-0.39, 0.29) is 29.0 Å². The summed E-state index contributed by atoms with van der Waals surface area (Å²) in [5.74, 6) is 0.524. The number of carbonyl (C=O) groups is 3. The maximum Gasteiger partial charge on any atom is 0.242 e. The van der Waals surface area contributed by atoms with Crippen molar-refractivity contribution in [2.75, 3.05) is 13.6 Å². The van der Waals surface area contributed by atoms with Crippen LogP contribution in [-0.4, -0.2) is 57.7 Å². The monoisotopic (exact) mass is 370 g/mol. The molecule has 0 bridgehead atoms. The fourth-order valence-electron chi connectivity index (χ4n) is 2.90. The fraction of sp³-hybridized carbons (Fsp3) is 0.842. The zero-order valence-electron chi connectivity index (χ0n) is 16.6. The quantitative estimate of drug-likeness (QED) is 0.437. The minimum absolute atomic E-state index is 0.0368. The van der Waals surface area contributed by atoms with Crippen LogP contribution in [0.4, 0.5) is 0 Å². The molecule has 1 saturated heterocycles. The molecule has 1 aliphatic rings. The smallest absolute Gasteiger partial charge is 0.242 e. The summed E-state index contributed by atoms with van der Waals surface area (Å²) in [7, 11) is 1.86. The number of likely N-dealkylation sites (tertiary alicyclic amines) is 1. The largest absolute Gasteiger partial charge is 0.343 e. The van der Waals surface area contributed by atoms with Crippen LogP contribution in [0.3, 0.4) is 0 Å². The van der Waals surface area contributed by atoms with E-state index in [4.69, 9.17) is 0 Å². The Morgan fingerprint density at radius 2 is 1.80 bits per heavy atom. The Bertz CT molecular complexity index is 479. The lowest BCUT2D eigenvalue weighted by Crippen LogP contribution is -2.38. The van der Waals surface area contributed by atoms with E-state index in [1.54, 1.807) is 11.8 Å². The van der Waals surface area contributed by atoms with Crippen LogP contribution in [0.1, 0.15) is 66.7 Å². The summed E-state index contributed by atoms with van der Waals surface area (Å²) in [6.45, 7) is 10.9. The zero-order chi connectivity index (χ0) is 19.1. The number of carbonyl (C=O) groups excluding carboxylic acids is 3. The second-order valence-electron chi connectivity index (χ2n) is 7.56. The van der Waals surface area contributed by atoms with Gasteiger partial charge >= 0.3 is 0 Å². The molecule has 0 aliphatic carbocycles. The number of imide groups is 1. The third kappa shape index (κ3) is 6.65. The van der Waals surface area contributed by atoms with E-state index in [1.807, 2.05) is 25.8 Å². The average molecular weight is 371 g/mol. The molecule has 3 amide bonds. The molecule has 144 valence electrons. The lowest BCUT2D eigenvalue weighted by molar-refractivity contribution is -0.138. The number of rotatable bonds is 10. The maximum atomic E-state index is 12.3. The van der Waals surface area contributed by atoms with E-state index in [1.165, 1.54) is 4.90 Å². The molecule has 1 heterocycles. The molecule has 0 radical (unpaired) electrons. The van der Waals surface area contributed by atoms with Gasteiger partial charge in [-0.3, -0.25) is 19.3 Å². The molecule has 0 aromatic rings. The van der Waals surface area contributed by atoms with Crippen LogP contribution >= 0.6 is 11.8 Å². The van der Waals surface area contributed by atoms with Crippen LogP contribution in [-0.2, 0) is 14.4 Å². The SMILES string of the molecule is CC(C)SC1CC(=O)N(CCCCCC(=O)N(C)C(C)C(C)C)C1=O. The Labute approximate surface area is 156 Å². The van der Waals surface area contributed by atoms with Crippen molar-refractivity contribution in [2.24, 2.45) is 5.92 Å². The molecular weight excluding hydrogens is 336 g/mol. The Morgan fingerprint density at radius 3 is 2.36 bits per heavy atom. The second kappa shape index (κ2) is 10.2. The van der Waals surface area contributed by atoms with Gasteiger partial charge in [-0.25, -0.2) is 0 Å². The van der Waals surface area contributed by atoms with Crippen LogP contribution in [0.2, 0.25) is 0 Å². The van der Waals surface area contributed by atoms with Gasteiger partial charge in [-0.15, -0.1) is 11.8 Å². The molecule has 1 fully saturated rings. The number of unbranched alkanes of at least 4 members (excludes halogenated alkanes) is 2. The highest BCUT2D eigenvalue weighted by Gasteiger charge is 2.38. The Hall–Kier alpha value is -1.04. The van der Waals surface area contributed by atoms with E-state index < -0.39 is 0 Å². The van der Waals surface area contributed by atoms with Gasteiger partial charge in [0.05, 0.1) is 5.25 Å². The van der Waals surface area contributed by atoms with E-state index in [9.17, 15) is 14.4 Å². The van der Waals surface area contributed by atoms with Crippen LogP contribution in [0, 0.1) is 5.92 Å². The molecular formula is C19H34N2O3S. The Morgan fingerprint density at radius 1 is 1.16 bits per heavy atom. The lowest BCUT2D eigenvalue weighted by Gasteiger charge is -2.28. The number of hydrogen-bond acceptors (Lipinski definition) is 4. The van der Waals surface area contributed by atoms with Gasteiger partial charge in [0.2, 0.25) is 17.7 Å². The van der Waals surface area contributed by atoms with Crippen LogP contribution in [0.15, 0.2) is 0 Å². The molecule has 0 spiro atoms. The molecule has 0 N–H and O–H groups in total. The van der Waals surface area contributed by atoms with Crippen molar-refractivity contribution >= 4 is 29.5 Å². The first kappa shape index (κ1) is 22.0. The highest BCUT2D eigenvalue weighted by molar-refractivity contribution is 8.01. The third-order valence-corrected chi connectivity index (χ3v) is 6.12. The minimum Gasteiger partial charge on any atom is -0.343 e. The molecule has 25 heavy (non-hydrogen) atoms. The van der Waals surface area contributed by atoms with Crippen molar-refractivity contribution in [1.82, 2.24) is 9.80 Å². The summed E-state index contributed by atoms with van der Waals surface area (Å²) in [6, 6.07) is 0.239. The predicted molar refractivity (Wildman–Crippen MR) is 103 cm³/mol. The molecule has 0 aromatic heterocycles. The van der Waals surface area contributed by atoms with Gasteiger partial charge in [-0.1, -0.05) is 34.1 Å². The van der Waals surface area contributed by atoms with Crippen molar-refractivity contribution in [3.63, 3.8) is 0 Å². The summed E-state index contributed by atoms with van der Waals surface area (Å²) in [6.07, 6.45) is 3.29. The van der Waals surface area contributed by atoms with Gasteiger partial charge in [0, 0.05) is 32.5 Å². The molecule has 5 nitrogen and oxygen atoms in total. The summed E-state index contributed by atoms with van der Waals surface area (Å²) in [5.41, 5.74) is 0. The van der Waals surface area contributed by atoms with Gasteiger partial charge in [0.15, 0.2) is 0 Å². The van der Waals surface area contributed by atoms with Crippen LogP contribution in [0.5, 0.6) is 0 Å². The fourth-order valence-corrected chi connectivity index (χ4v) is 4.04. The van der Waals surface area contributed by atoms with Crippen LogP contribution < -0.4 is 0 Å². The standard InChI is InChI=1S/C19H34N2O3S/c1-13(2)15(5)20(6)17(22)10-8-7-9-11-21-18(23)12-16(19(21)24)25-14(3)4/h13-16H,7-12H2,1-6H3.